The van der Waals surface area contributed by atoms with E-state index in [1.807, 2.05) is 0 Å². The smallest absolute Gasteiger partial charge is 0.280 e. The molecule has 1 aliphatic heterocycles. The van der Waals surface area contributed by atoms with Crippen LogP contribution in [0.4, 0.5) is 5.95 Å². The van der Waals surface area contributed by atoms with Gasteiger partial charge >= 0.3 is 0 Å². The van der Waals surface area contributed by atoms with Crippen LogP contribution >= 0.6 is 6.89 Å². The maximum absolute atomic E-state index is 12.0. The first-order valence-electron chi connectivity index (χ1n) is 8.05. The Morgan fingerprint density at radius 2 is 2.16 bits per heavy atom. The summed E-state index contributed by atoms with van der Waals surface area (Å²) in [6.45, 7) is 2.97. The van der Waals surface area contributed by atoms with Crippen molar-refractivity contribution in [2.24, 2.45) is 0 Å². The highest BCUT2D eigenvalue weighted by molar-refractivity contribution is 7.72. The van der Waals surface area contributed by atoms with Gasteiger partial charge in [-0.3, -0.25) is 14.3 Å². The zero-order valence-corrected chi connectivity index (χ0v) is 15.4. The largest absolute Gasteiger partial charge is 0.388 e. The van der Waals surface area contributed by atoms with E-state index in [2.05, 4.69) is 39.9 Å². The number of anilines is 1. The Morgan fingerprint density at radius 1 is 1.44 bits per heavy atom. The van der Waals surface area contributed by atoms with Crippen LogP contribution in [0.15, 0.2) is 11.1 Å². The maximum atomic E-state index is 12.0. The predicted octanol–water partition coefficient (Wildman–Crippen LogP) is -0.120. The van der Waals surface area contributed by atoms with Crippen LogP contribution in [0.3, 0.4) is 0 Å². The van der Waals surface area contributed by atoms with Gasteiger partial charge in [-0.2, -0.15) is 4.98 Å². The second-order valence-corrected chi connectivity index (χ2v) is 11.3. The number of aromatic amines is 1. The van der Waals surface area contributed by atoms with Crippen molar-refractivity contribution in [1.29, 1.82) is 0 Å². The summed E-state index contributed by atoms with van der Waals surface area (Å²) in [6, 6.07) is 0. The molecule has 4 N–H and O–H groups in total. The van der Waals surface area contributed by atoms with Gasteiger partial charge in [0.15, 0.2) is 17.4 Å². The molecule has 1 aliphatic rings. The van der Waals surface area contributed by atoms with Crippen LogP contribution in [0.5, 0.6) is 0 Å². The maximum Gasteiger partial charge on any atom is 0.280 e. The molecule has 0 amide bonds. The molecular weight excluding hydrogens is 345 g/mol. The first-order chi connectivity index (χ1) is 11.7. The van der Waals surface area contributed by atoms with E-state index in [0.29, 0.717) is 6.42 Å². The van der Waals surface area contributed by atoms with Crippen molar-refractivity contribution in [3.05, 3.63) is 16.7 Å². The molecule has 2 aromatic rings. The number of aliphatic hydroxyl groups is 2. The summed E-state index contributed by atoms with van der Waals surface area (Å²) in [6.07, 6.45) is 3.52. The second kappa shape index (κ2) is 6.57. The van der Waals surface area contributed by atoms with Crippen molar-refractivity contribution in [3.63, 3.8) is 0 Å². The van der Waals surface area contributed by atoms with Crippen LogP contribution < -0.4 is 10.9 Å². The topological polar surface area (TPSA) is 125 Å². The molecule has 1 fully saturated rings. The van der Waals surface area contributed by atoms with E-state index >= 15 is 0 Å². The molecule has 0 bridgehead atoms. The Kier molecular flexibility index (Phi) is 4.76. The summed E-state index contributed by atoms with van der Waals surface area (Å²) in [5, 5.41) is 23.5. The second-order valence-electron chi connectivity index (χ2n) is 6.98. The molecule has 0 saturated carbocycles. The number of imidazole rings is 1. The highest BCUT2D eigenvalue weighted by atomic mass is 31.2. The number of hydrogen-bond acceptors (Lipinski definition) is 7. The Hall–Kier alpha value is -1.67. The third-order valence-corrected chi connectivity index (χ3v) is 5.77. The van der Waals surface area contributed by atoms with Crippen molar-refractivity contribution in [3.8, 4) is 0 Å². The quantitative estimate of drug-likeness (QED) is 0.542. The monoisotopic (exact) mass is 369 g/mol. The van der Waals surface area contributed by atoms with Gasteiger partial charge in [0, 0.05) is 7.05 Å². The number of rotatable bonds is 5. The predicted molar refractivity (Wildman–Crippen MR) is 99.0 cm³/mol. The number of aliphatic hydroxyl groups excluding tert-OH is 2. The number of fused-ring (bicyclic) bond motifs is 1. The number of H-pyrrole nitrogens is 1. The molecule has 0 spiro atoms. The van der Waals surface area contributed by atoms with Crippen molar-refractivity contribution in [2.45, 2.75) is 31.0 Å². The van der Waals surface area contributed by atoms with Gasteiger partial charge in [-0.1, -0.05) is 0 Å². The summed E-state index contributed by atoms with van der Waals surface area (Å²) in [5.74, 6) is 0.285. The number of nitrogens with one attached hydrogen (secondary N) is 2. The molecular formula is C15H24N5O4P. The first kappa shape index (κ1) is 18.1. The van der Waals surface area contributed by atoms with Gasteiger partial charge in [0.25, 0.3) is 5.56 Å². The van der Waals surface area contributed by atoms with E-state index < -0.39 is 31.4 Å². The average Bonchev–Trinajstić information content (AvgIpc) is 3.08. The fraction of sp³-hybridized carbons (Fsp3) is 0.600. The third kappa shape index (κ3) is 3.50. The van der Waals surface area contributed by atoms with Gasteiger partial charge < -0.3 is 20.3 Å². The Morgan fingerprint density at radius 3 is 2.80 bits per heavy atom. The number of aromatic nitrogens is 4. The molecule has 0 aliphatic carbocycles. The van der Waals surface area contributed by atoms with Crippen molar-refractivity contribution in [2.75, 3.05) is 31.9 Å². The molecule has 1 unspecified atom stereocenters. The minimum Gasteiger partial charge on any atom is -0.388 e. The minimum atomic E-state index is -1.26. The summed E-state index contributed by atoms with van der Waals surface area (Å²) >= 11 is 0. The lowest BCUT2D eigenvalue weighted by Gasteiger charge is -2.18. The minimum absolute atomic E-state index is 0.151. The van der Waals surface area contributed by atoms with Crippen LogP contribution in [-0.4, -0.2) is 80.9 Å². The molecule has 2 aromatic heterocycles. The molecule has 0 aromatic carbocycles. The standard InChI is InChI=1S/C15H24N5O4P/c1-16-15-18-12-9(13(23)19-15)17-7-20(12)14-11(22)10(21)8(24-14)5-6-25(2,3)4/h7-8,10-11,14,21-22H,2,5-6H2,1,3-4H3,(H2,16,18,19,23)/t8?,10-,11-,14-/m1/s1. The molecule has 1 saturated heterocycles. The Bertz CT molecular complexity index is 872. The van der Waals surface area contributed by atoms with Crippen molar-refractivity contribution in [1.82, 2.24) is 19.5 Å². The zero-order valence-electron chi connectivity index (χ0n) is 14.5. The lowest BCUT2D eigenvalue weighted by atomic mass is 10.1. The zero-order chi connectivity index (χ0) is 18.4. The van der Waals surface area contributed by atoms with E-state index in [1.165, 1.54) is 10.9 Å². The molecule has 0 radical (unpaired) electrons. The summed E-state index contributed by atoms with van der Waals surface area (Å²) < 4.78 is 7.38. The van der Waals surface area contributed by atoms with Gasteiger partial charge in [0.1, 0.15) is 12.2 Å². The molecule has 3 heterocycles. The Labute approximate surface area is 145 Å². The third-order valence-electron chi connectivity index (χ3n) is 4.30. The molecule has 3 rings (SSSR count). The SMILES string of the molecule is C=P(C)(C)CCC1O[C@@H](n2cnc3c(=O)[nH]c(NC)nc32)[C@H](O)[C@@H]1O. The molecule has 138 valence electrons. The van der Waals surface area contributed by atoms with Crippen LogP contribution in [0.1, 0.15) is 12.6 Å². The van der Waals surface area contributed by atoms with Crippen LogP contribution in [0.2, 0.25) is 0 Å². The lowest BCUT2D eigenvalue weighted by molar-refractivity contribution is -0.0353. The summed E-state index contributed by atoms with van der Waals surface area (Å²) in [7, 11) is 1.63. The fourth-order valence-corrected chi connectivity index (χ4v) is 3.86. The molecule has 9 nitrogen and oxygen atoms in total. The van der Waals surface area contributed by atoms with E-state index in [-0.39, 0.29) is 22.7 Å². The Balaban J connectivity index is 1.91. The van der Waals surface area contributed by atoms with Gasteiger partial charge in [0.2, 0.25) is 5.95 Å². The first-order valence-corrected chi connectivity index (χ1v) is 11.1. The lowest BCUT2D eigenvalue weighted by Crippen LogP contribution is -2.32. The fourth-order valence-electron chi connectivity index (χ4n) is 2.91. The molecule has 10 heteroatoms. The average molecular weight is 369 g/mol. The number of nitrogens with zero attached hydrogens (tertiary/aromatic N) is 3. The van der Waals surface area contributed by atoms with E-state index in [1.54, 1.807) is 7.05 Å². The van der Waals surface area contributed by atoms with Crippen LogP contribution in [0.25, 0.3) is 11.2 Å². The highest BCUT2D eigenvalue weighted by Gasteiger charge is 2.44. The highest BCUT2D eigenvalue weighted by Crippen LogP contribution is 2.39. The van der Waals surface area contributed by atoms with E-state index in [9.17, 15) is 15.0 Å². The summed E-state index contributed by atoms with van der Waals surface area (Å²) in [5.41, 5.74) is 0.0498. The normalized spacial score (nSPS) is 27.1. The van der Waals surface area contributed by atoms with Crippen LogP contribution in [-0.2, 0) is 4.74 Å². The van der Waals surface area contributed by atoms with Gasteiger partial charge in [-0.25, -0.2) is 4.98 Å². The molecule has 25 heavy (non-hydrogen) atoms. The van der Waals surface area contributed by atoms with Crippen molar-refractivity contribution < 1.29 is 14.9 Å². The van der Waals surface area contributed by atoms with Gasteiger partial charge in [-0.15, -0.1) is 13.2 Å². The van der Waals surface area contributed by atoms with Crippen LogP contribution in [0, 0.1) is 0 Å². The van der Waals surface area contributed by atoms with Crippen molar-refractivity contribution >= 4 is 30.3 Å². The van der Waals surface area contributed by atoms with Gasteiger partial charge in [-0.05, 0) is 25.9 Å². The van der Waals surface area contributed by atoms with E-state index in [0.717, 1.165) is 6.16 Å². The summed E-state index contributed by atoms with van der Waals surface area (Å²) in [4.78, 5) is 22.9. The number of ether oxygens (including phenoxy) is 1. The molecule has 4 atom stereocenters. The number of hydrogen-bond donors (Lipinski definition) is 4. The van der Waals surface area contributed by atoms with Gasteiger partial charge in [0.05, 0.1) is 12.4 Å². The van der Waals surface area contributed by atoms with E-state index in [4.69, 9.17) is 4.74 Å².